The van der Waals surface area contributed by atoms with Gasteiger partial charge in [-0.25, -0.2) is 9.59 Å². The van der Waals surface area contributed by atoms with Gasteiger partial charge in [0, 0.05) is 6.08 Å². The lowest BCUT2D eigenvalue weighted by atomic mass is 10.1. The number of Topliss-reactive ketones (excluding diaryl/α,β-unsaturated/α-hetero) is 1. The first-order valence-electron chi connectivity index (χ1n) is 13.4. The van der Waals surface area contributed by atoms with E-state index < -0.39 is 11.9 Å². The molecule has 3 aromatic rings. The highest BCUT2D eigenvalue weighted by molar-refractivity contribution is 6.00. The number of benzene rings is 3. The predicted molar refractivity (Wildman–Crippen MR) is 159 cm³/mol. The molecule has 41 heavy (non-hydrogen) atoms. The van der Waals surface area contributed by atoms with E-state index in [-0.39, 0.29) is 17.1 Å². The lowest BCUT2D eigenvalue weighted by Crippen LogP contribution is -2.11. The Kier molecular flexibility index (Phi) is 12.2. The van der Waals surface area contributed by atoms with Crippen LogP contribution in [0.15, 0.2) is 89.6 Å². The summed E-state index contributed by atoms with van der Waals surface area (Å²) in [5.41, 5.74) is 3.33. The molecule has 0 spiro atoms. The number of carbonyl (C=O) groups is 3. The molecule has 0 saturated carbocycles. The van der Waals surface area contributed by atoms with Crippen molar-refractivity contribution in [3.63, 3.8) is 0 Å². The minimum Gasteiger partial charge on any atom is -0.494 e. The largest absolute Gasteiger partial charge is 0.494 e. The Balaban J connectivity index is 1.49. The van der Waals surface area contributed by atoms with Gasteiger partial charge in [-0.05, 0) is 93.1 Å². The summed E-state index contributed by atoms with van der Waals surface area (Å²) in [6.45, 7) is 7.70. The number of hydrogen-bond donors (Lipinski definition) is 0. The van der Waals surface area contributed by atoms with Crippen LogP contribution in [0, 0.1) is 6.92 Å². The fraction of sp³-hybridized carbons (Fsp3) is 0.242. The normalized spacial score (nSPS) is 11.0. The van der Waals surface area contributed by atoms with Crippen molar-refractivity contribution in [3.8, 4) is 11.5 Å². The van der Waals surface area contributed by atoms with Crippen molar-refractivity contribution in [1.29, 1.82) is 0 Å². The van der Waals surface area contributed by atoms with Gasteiger partial charge in [-0.15, -0.1) is 0 Å². The van der Waals surface area contributed by atoms with E-state index in [1.54, 1.807) is 48.7 Å². The Morgan fingerprint density at radius 1 is 0.805 bits per heavy atom. The lowest BCUT2D eigenvalue weighted by molar-refractivity contribution is -0.137. The zero-order valence-corrected chi connectivity index (χ0v) is 23.4. The van der Waals surface area contributed by atoms with Gasteiger partial charge >= 0.3 is 11.9 Å². The number of rotatable bonds is 15. The SMILES string of the molecule is C=CC(=O)OCCCCCCOc1ccc(C(=O)Oc2ccc(/C=N/N=C/c3ccc(C)cc3)cc2C(C)=O)cc1. The van der Waals surface area contributed by atoms with E-state index >= 15 is 0 Å². The number of unbranched alkanes of at least 4 members (excludes halogenated alkanes) is 3. The van der Waals surface area contributed by atoms with Gasteiger partial charge in [0.25, 0.3) is 0 Å². The summed E-state index contributed by atoms with van der Waals surface area (Å²) in [5, 5.41) is 8.10. The summed E-state index contributed by atoms with van der Waals surface area (Å²) in [6, 6.07) is 19.4. The van der Waals surface area contributed by atoms with Crippen molar-refractivity contribution in [2.75, 3.05) is 13.2 Å². The molecule has 0 heterocycles. The molecule has 0 N–H and O–H groups in total. The number of nitrogens with zero attached hydrogens (tertiary/aromatic N) is 2. The molecule has 0 unspecified atom stereocenters. The minimum atomic E-state index is -0.583. The first-order chi connectivity index (χ1) is 19.9. The molecule has 212 valence electrons. The molecule has 0 amide bonds. The van der Waals surface area contributed by atoms with Crippen molar-refractivity contribution in [2.45, 2.75) is 39.5 Å². The highest BCUT2D eigenvalue weighted by Crippen LogP contribution is 2.22. The summed E-state index contributed by atoms with van der Waals surface area (Å²) >= 11 is 0. The number of hydrogen-bond acceptors (Lipinski definition) is 8. The van der Waals surface area contributed by atoms with Gasteiger partial charge in [-0.1, -0.05) is 36.4 Å². The number of aryl methyl sites for hydroxylation is 1. The Hall–Kier alpha value is -4.85. The van der Waals surface area contributed by atoms with Crippen molar-refractivity contribution in [2.24, 2.45) is 10.2 Å². The van der Waals surface area contributed by atoms with Crippen LogP contribution in [0.25, 0.3) is 0 Å². The Morgan fingerprint density at radius 2 is 1.44 bits per heavy atom. The summed E-state index contributed by atoms with van der Waals surface area (Å²) in [7, 11) is 0. The van der Waals surface area contributed by atoms with Gasteiger partial charge in [-0.3, -0.25) is 4.79 Å². The fourth-order valence-electron chi connectivity index (χ4n) is 3.67. The van der Waals surface area contributed by atoms with E-state index in [9.17, 15) is 14.4 Å². The maximum atomic E-state index is 12.7. The average molecular weight is 555 g/mol. The molecular weight excluding hydrogens is 520 g/mol. The molecule has 3 aromatic carbocycles. The Labute approximate surface area is 240 Å². The van der Waals surface area contributed by atoms with Gasteiger partial charge in [0.05, 0.1) is 36.8 Å². The summed E-state index contributed by atoms with van der Waals surface area (Å²) in [4.78, 5) is 36.0. The van der Waals surface area contributed by atoms with E-state index in [1.165, 1.54) is 13.1 Å². The van der Waals surface area contributed by atoms with Crippen LogP contribution in [0.4, 0.5) is 0 Å². The second kappa shape index (κ2) is 16.3. The van der Waals surface area contributed by atoms with Crippen LogP contribution in [0.3, 0.4) is 0 Å². The van der Waals surface area contributed by atoms with Crippen LogP contribution in [0.1, 0.15) is 70.0 Å². The van der Waals surface area contributed by atoms with Crippen molar-refractivity contribution in [1.82, 2.24) is 0 Å². The highest BCUT2D eigenvalue weighted by atomic mass is 16.5. The van der Waals surface area contributed by atoms with Crippen LogP contribution in [-0.2, 0) is 9.53 Å². The standard InChI is InChI=1S/C33H34N2O6/c1-4-32(37)40-20-8-6-5-7-19-39-29-16-14-28(15-17-29)33(38)41-31-18-13-27(21-30(31)25(3)36)23-35-34-22-26-11-9-24(2)10-12-26/h4,9-18,21-23H,1,5-8,19-20H2,2-3H3/b34-22+,35-23+. The van der Waals surface area contributed by atoms with Crippen LogP contribution >= 0.6 is 0 Å². The molecule has 0 bridgehead atoms. The van der Waals surface area contributed by atoms with Gasteiger partial charge in [-0.2, -0.15) is 10.2 Å². The summed E-state index contributed by atoms with van der Waals surface area (Å²) < 4.78 is 16.2. The maximum absolute atomic E-state index is 12.7. The predicted octanol–water partition coefficient (Wildman–Crippen LogP) is 6.54. The first kappa shape index (κ1) is 30.7. The van der Waals surface area contributed by atoms with E-state index in [0.717, 1.165) is 42.9 Å². The third kappa shape index (κ3) is 10.7. The second-order valence-electron chi connectivity index (χ2n) is 9.26. The zero-order valence-electron chi connectivity index (χ0n) is 23.4. The monoisotopic (exact) mass is 554 g/mol. The Morgan fingerprint density at radius 3 is 2.10 bits per heavy atom. The van der Waals surface area contributed by atoms with Gasteiger partial charge in [0.1, 0.15) is 11.5 Å². The van der Waals surface area contributed by atoms with Crippen LogP contribution < -0.4 is 9.47 Å². The third-order valence-electron chi connectivity index (χ3n) is 5.95. The number of esters is 2. The van der Waals surface area contributed by atoms with Crippen LogP contribution in [-0.4, -0.2) is 43.4 Å². The molecule has 8 heteroatoms. The van der Waals surface area contributed by atoms with E-state index in [2.05, 4.69) is 16.8 Å². The van der Waals surface area contributed by atoms with Gasteiger partial charge in [0.15, 0.2) is 5.78 Å². The molecule has 3 rings (SSSR count). The highest BCUT2D eigenvalue weighted by Gasteiger charge is 2.15. The molecule has 0 fully saturated rings. The van der Waals surface area contributed by atoms with Crippen LogP contribution in [0.2, 0.25) is 0 Å². The Bertz CT molecular complexity index is 1390. The van der Waals surface area contributed by atoms with E-state index in [4.69, 9.17) is 14.2 Å². The van der Waals surface area contributed by atoms with Crippen LogP contribution in [0.5, 0.6) is 11.5 Å². The third-order valence-corrected chi connectivity index (χ3v) is 5.95. The van der Waals surface area contributed by atoms with Crippen molar-refractivity contribution < 1.29 is 28.6 Å². The maximum Gasteiger partial charge on any atom is 0.343 e. The molecular formula is C33H34N2O6. The van der Waals surface area contributed by atoms with Crippen molar-refractivity contribution in [3.05, 3.63) is 107 Å². The number of carbonyl (C=O) groups excluding carboxylic acids is 3. The topological polar surface area (TPSA) is 104 Å². The number of ether oxygens (including phenoxy) is 3. The fourth-order valence-corrected chi connectivity index (χ4v) is 3.67. The second-order valence-corrected chi connectivity index (χ2v) is 9.26. The molecule has 0 saturated heterocycles. The molecule has 8 nitrogen and oxygen atoms in total. The van der Waals surface area contributed by atoms with Gasteiger partial charge < -0.3 is 14.2 Å². The summed E-state index contributed by atoms with van der Waals surface area (Å²) in [6.07, 6.45) is 7.84. The summed E-state index contributed by atoms with van der Waals surface area (Å²) in [5.74, 6) is -0.422. The lowest BCUT2D eigenvalue weighted by Gasteiger charge is -2.10. The molecule has 0 radical (unpaired) electrons. The van der Waals surface area contributed by atoms with E-state index in [0.29, 0.717) is 30.1 Å². The molecule has 0 aliphatic heterocycles. The molecule has 0 aliphatic carbocycles. The van der Waals surface area contributed by atoms with Crippen molar-refractivity contribution >= 4 is 30.2 Å². The molecule has 0 aromatic heterocycles. The first-order valence-corrected chi connectivity index (χ1v) is 13.4. The average Bonchev–Trinajstić information content (AvgIpc) is 2.98. The molecule has 0 aliphatic rings. The van der Waals surface area contributed by atoms with Gasteiger partial charge in [0.2, 0.25) is 0 Å². The number of ketones is 1. The quantitative estimate of drug-likeness (QED) is 0.0402. The van der Waals surface area contributed by atoms with E-state index in [1.807, 2.05) is 31.2 Å². The molecule has 0 atom stereocenters. The minimum absolute atomic E-state index is 0.169. The zero-order chi connectivity index (χ0) is 29.5. The smallest absolute Gasteiger partial charge is 0.343 e.